The average molecular weight is 366 g/mol. The van der Waals surface area contributed by atoms with Crippen LogP contribution in [0.5, 0.6) is 0 Å². The molecule has 0 bridgehead atoms. The predicted molar refractivity (Wildman–Crippen MR) is 99.7 cm³/mol. The molecule has 2 aromatic heterocycles. The third-order valence-electron chi connectivity index (χ3n) is 4.24. The van der Waals surface area contributed by atoms with E-state index >= 15 is 0 Å². The molecule has 0 unspecified atom stereocenters. The molecule has 0 saturated carbocycles. The number of hydrogen-bond donors (Lipinski definition) is 2. The van der Waals surface area contributed by atoms with Gasteiger partial charge in [0.1, 0.15) is 11.2 Å². The number of nitrogens with zero attached hydrogens (tertiary/aromatic N) is 3. The zero-order chi connectivity index (χ0) is 16.9. The second kappa shape index (κ2) is 8.94. The quantitative estimate of drug-likeness (QED) is 0.752. The highest BCUT2D eigenvalue weighted by Gasteiger charge is 2.13. The minimum Gasteiger partial charge on any atom is -0.352 e. The number of nitrogens with one attached hydrogen (secondary N) is 2. The van der Waals surface area contributed by atoms with Crippen molar-refractivity contribution in [2.75, 3.05) is 39.3 Å². The number of pyridine rings is 1. The molecule has 0 aliphatic carbocycles. The Morgan fingerprint density at radius 2 is 2.08 bits per heavy atom. The summed E-state index contributed by atoms with van der Waals surface area (Å²) >= 11 is 0. The van der Waals surface area contributed by atoms with Crippen LogP contribution in [0.15, 0.2) is 29.3 Å². The molecule has 0 aromatic carbocycles. The van der Waals surface area contributed by atoms with Crippen molar-refractivity contribution in [1.29, 1.82) is 0 Å². The third kappa shape index (κ3) is 4.78. The lowest BCUT2D eigenvalue weighted by atomic mass is 10.2. The zero-order valence-corrected chi connectivity index (χ0v) is 15.1. The predicted octanol–water partition coefficient (Wildman–Crippen LogP) is 0.450. The van der Waals surface area contributed by atoms with Crippen LogP contribution in [0.25, 0.3) is 5.65 Å². The SMILES string of the molecule is Cc1ccc2ncc(C(=O)NCCCN3CCNCC3)c(=O)n2c1.Cl. The largest absolute Gasteiger partial charge is 0.352 e. The monoisotopic (exact) mass is 365 g/mol. The van der Waals surface area contributed by atoms with Crippen LogP contribution in [0.2, 0.25) is 0 Å². The number of aromatic nitrogens is 2. The van der Waals surface area contributed by atoms with E-state index in [9.17, 15) is 9.59 Å². The molecule has 2 N–H and O–H groups in total. The van der Waals surface area contributed by atoms with Crippen molar-refractivity contribution in [1.82, 2.24) is 24.9 Å². The number of amides is 1. The summed E-state index contributed by atoms with van der Waals surface area (Å²) in [7, 11) is 0. The Morgan fingerprint density at radius 1 is 1.32 bits per heavy atom. The minimum atomic E-state index is -0.358. The molecular formula is C17H24ClN5O2. The van der Waals surface area contributed by atoms with Crippen LogP contribution in [-0.4, -0.2) is 59.5 Å². The number of halogens is 1. The van der Waals surface area contributed by atoms with E-state index in [2.05, 4.69) is 20.5 Å². The van der Waals surface area contributed by atoms with Crippen LogP contribution < -0.4 is 16.2 Å². The number of hydrogen-bond acceptors (Lipinski definition) is 5. The second-order valence-electron chi connectivity index (χ2n) is 6.11. The normalized spacial score (nSPS) is 14.9. The van der Waals surface area contributed by atoms with Crippen LogP contribution in [0.4, 0.5) is 0 Å². The molecule has 8 heteroatoms. The smallest absolute Gasteiger partial charge is 0.270 e. The first-order valence-corrected chi connectivity index (χ1v) is 8.34. The second-order valence-corrected chi connectivity index (χ2v) is 6.11. The van der Waals surface area contributed by atoms with Gasteiger partial charge in [0.15, 0.2) is 0 Å². The van der Waals surface area contributed by atoms with Crippen molar-refractivity contribution in [2.24, 2.45) is 0 Å². The van der Waals surface area contributed by atoms with Gasteiger partial charge in [-0.1, -0.05) is 6.07 Å². The van der Waals surface area contributed by atoms with E-state index in [4.69, 9.17) is 0 Å². The van der Waals surface area contributed by atoms with Gasteiger partial charge in [-0.05, 0) is 31.5 Å². The average Bonchev–Trinajstić information content (AvgIpc) is 2.60. The number of aryl methyl sites for hydroxylation is 1. The van der Waals surface area contributed by atoms with Gasteiger partial charge < -0.3 is 15.5 Å². The summed E-state index contributed by atoms with van der Waals surface area (Å²) in [5.74, 6) is -0.358. The van der Waals surface area contributed by atoms with E-state index in [0.717, 1.165) is 44.7 Å². The molecule has 2 aromatic rings. The molecule has 3 heterocycles. The molecule has 0 spiro atoms. The van der Waals surface area contributed by atoms with Gasteiger partial charge in [-0.25, -0.2) is 4.98 Å². The molecule has 1 saturated heterocycles. The molecule has 1 aliphatic heterocycles. The fraction of sp³-hybridized carbons (Fsp3) is 0.471. The van der Waals surface area contributed by atoms with Crippen molar-refractivity contribution in [3.8, 4) is 0 Å². The van der Waals surface area contributed by atoms with Gasteiger partial charge in [-0.15, -0.1) is 12.4 Å². The van der Waals surface area contributed by atoms with E-state index in [1.54, 1.807) is 12.3 Å². The van der Waals surface area contributed by atoms with Crippen molar-refractivity contribution in [2.45, 2.75) is 13.3 Å². The highest BCUT2D eigenvalue weighted by Crippen LogP contribution is 2.02. The number of carbonyl (C=O) groups excluding carboxylic acids is 1. The maximum atomic E-state index is 12.4. The molecule has 7 nitrogen and oxygen atoms in total. The summed E-state index contributed by atoms with van der Waals surface area (Å²) in [6.07, 6.45) is 3.93. The number of carbonyl (C=O) groups is 1. The van der Waals surface area contributed by atoms with Crippen molar-refractivity contribution >= 4 is 24.0 Å². The van der Waals surface area contributed by atoms with Gasteiger partial charge in [-0.3, -0.25) is 14.0 Å². The molecular weight excluding hydrogens is 342 g/mol. The molecule has 0 radical (unpaired) electrons. The fourth-order valence-electron chi connectivity index (χ4n) is 2.87. The van der Waals surface area contributed by atoms with Gasteiger partial charge in [0.05, 0.1) is 0 Å². The van der Waals surface area contributed by atoms with Crippen molar-refractivity contribution in [3.63, 3.8) is 0 Å². The van der Waals surface area contributed by atoms with E-state index in [1.165, 1.54) is 10.6 Å². The van der Waals surface area contributed by atoms with Crippen LogP contribution in [-0.2, 0) is 0 Å². The first-order valence-electron chi connectivity index (χ1n) is 8.34. The summed E-state index contributed by atoms with van der Waals surface area (Å²) in [5.41, 5.74) is 1.24. The van der Waals surface area contributed by atoms with E-state index in [-0.39, 0.29) is 29.4 Å². The minimum absolute atomic E-state index is 0. The van der Waals surface area contributed by atoms with Crippen LogP contribution >= 0.6 is 12.4 Å². The Hall–Kier alpha value is -1.96. The Kier molecular flexibility index (Phi) is 6.92. The molecule has 3 rings (SSSR count). The Morgan fingerprint density at radius 3 is 2.84 bits per heavy atom. The first kappa shape index (κ1) is 19.4. The van der Waals surface area contributed by atoms with E-state index in [1.807, 2.05) is 13.0 Å². The Balaban J connectivity index is 0.00000225. The van der Waals surface area contributed by atoms with Crippen LogP contribution in [0, 0.1) is 6.92 Å². The lowest BCUT2D eigenvalue weighted by Crippen LogP contribution is -2.44. The van der Waals surface area contributed by atoms with Crippen molar-refractivity contribution < 1.29 is 4.79 Å². The lowest BCUT2D eigenvalue weighted by molar-refractivity contribution is 0.0949. The molecule has 1 fully saturated rings. The summed E-state index contributed by atoms with van der Waals surface area (Å²) in [6, 6.07) is 3.66. The van der Waals surface area contributed by atoms with Crippen LogP contribution in [0.3, 0.4) is 0 Å². The zero-order valence-electron chi connectivity index (χ0n) is 14.3. The molecule has 0 atom stereocenters. The summed E-state index contributed by atoms with van der Waals surface area (Å²) in [6.45, 7) is 7.53. The Labute approximate surface area is 152 Å². The van der Waals surface area contributed by atoms with Gasteiger partial charge in [0.25, 0.3) is 11.5 Å². The summed E-state index contributed by atoms with van der Waals surface area (Å²) < 4.78 is 1.42. The van der Waals surface area contributed by atoms with Gasteiger partial charge in [0.2, 0.25) is 0 Å². The summed E-state index contributed by atoms with van der Waals surface area (Å²) in [4.78, 5) is 31.3. The molecule has 1 amide bonds. The summed E-state index contributed by atoms with van der Waals surface area (Å²) in [5, 5.41) is 6.14. The van der Waals surface area contributed by atoms with Crippen molar-refractivity contribution in [3.05, 3.63) is 46.0 Å². The molecule has 25 heavy (non-hydrogen) atoms. The van der Waals surface area contributed by atoms with Gasteiger partial charge >= 0.3 is 0 Å². The number of fused-ring (bicyclic) bond motifs is 1. The van der Waals surface area contributed by atoms with E-state index < -0.39 is 0 Å². The fourth-order valence-corrected chi connectivity index (χ4v) is 2.87. The first-order chi connectivity index (χ1) is 11.6. The highest BCUT2D eigenvalue weighted by molar-refractivity contribution is 5.93. The standard InChI is InChI=1S/C17H23N5O2.ClH/c1-13-3-4-15-20-11-14(17(24)22(15)12-13)16(23)19-5-2-8-21-9-6-18-7-10-21;/h3-4,11-12,18H,2,5-10H2,1H3,(H,19,23);1H. The number of rotatable bonds is 5. The van der Waals surface area contributed by atoms with Gasteiger partial charge in [0, 0.05) is 45.1 Å². The molecule has 136 valence electrons. The Bertz CT molecular complexity index is 786. The third-order valence-corrected chi connectivity index (χ3v) is 4.24. The maximum absolute atomic E-state index is 12.4. The highest BCUT2D eigenvalue weighted by atomic mass is 35.5. The topological polar surface area (TPSA) is 78.7 Å². The molecule has 1 aliphatic rings. The van der Waals surface area contributed by atoms with Gasteiger partial charge in [-0.2, -0.15) is 0 Å². The van der Waals surface area contributed by atoms with Crippen LogP contribution in [0.1, 0.15) is 22.3 Å². The van der Waals surface area contributed by atoms with E-state index in [0.29, 0.717) is 12.2 Å². The number of piperazine rings is 1. The lowest BCUT2D eigenvalue weighted by Gasteiger charge is -2.27. The maximum Gasteiger partial charge on any atom is 0.270 e.